The van der Waals surface area contributed by atoms with E-state index in [1.54, 1.807) is 21.5 Å². The van der Waals surface area contributed by atoms with E-state index in [2.05, 4.69) is 0 Å². The van der Waals surface area contributed by atoms with Gasteiger partial charge in [0.05, 0.1) is 5.69 Å². The van der Waals surface area contributed by atoms with Crippen LogP contribution in [0.15, 0.2) is 41.5 Å². The van der Waals surface area contributed by atoms with Gasteiger partial charge in [-0.25, -0.2) is 4.79 Å². The predicted molar refractivity (Wildman–Crippen MR) is 71.2 cm³/mol. The van der Waals surface area contributed by atoms with E-state index in [9.17, 15) is 4.79 Å². The minimum Gasteiger partial charge on any atom is -0.396 e. The van der Waals surface area contributed by atoms with Gasteiger partial charge in [-0.2, -0.15) is 0 Å². The average molecular weight is 246 g/mol. The van der Waals surface area contributed by atoms with E-state index in [-0.39, 0.29) is 18.3 Å². The van der Waals surface area contributed by atoms with Gasteiger partial charge >= 0.3 is 5.69 Å². The van der Waals surface area contributed by atoms with Gasteiger partial charge in [-0.15, -0.1) is 0 Å². The Hall–Kier alpha value is -1.81. The van der Waals surface area contributed by atoms with Gasteiger partial charge in [-0.1, -0.05) is 12.1 Å². The first-order chi connectivity index (χ1) is 8.63. The molecule has 2 rings (SSSR count). The maximum absolute atomic E-state index is 12.2. The standard InChI is InChI=1S/C14H18N2O2/c1-11(2)15-7-8-16(14(15)18)13-5-3-4-12(10-13)6-9-17/h3-5,7-8,10-11,17H,6,9H2,1-2H3. The van der Waals surface area contributed by atoms with Crippen LogP contribution in [0, 0.1) is 0 Å². The van der Waals surface area contributed by atoms with Crippen molar-refractivity contribution >= 4 is 0 Å². The van der Waals surface area contributed by atoms with Gasteiger partial charge in [0.2, 0.25) is 0 Å². The molecule has 1 N–H and O–H groups in total. The Morgan fingerprint density at radius 2 is 2.06 bits per heavy atom. The van der Waals surface area contributed by atoms with E-state index < -0.39 is 0 Å². The maximum Gasteiger partial charge on any atom is 0.332 e. The van der Waals surface area contributed by atoms with Gasteiger partial charge in [0, 0.05) is 25.0 Å². The molecule has 0 bridgehead atoms. The molecule has 0 aliphatic carbocycles. The second-order valence-corrected chi connectivity index (χ2v) is 4.60. The third-order valence-corrected chi connectivity index (χ3v) is 2.95. The summed E-state index contributed by atoms with van der Waals surface area (Å²) in [5.41, 5.74) is 1.83. The molecule has 0 aliphatic rings. The first-order valence-electron chi connectivity index (χ1n) is 6.13. The second kappa shape index (κ2) is 5.23. The lowest BCUT2D eigenvalue weighted by atomic mass is 10.1. The minimum absolute atomic E-state index is 0.0360. The zero-order valence-electron chi connectivity index (χ0n) is 10.7. The molecular formula is C14H18N2O2. The number of aliphatic hydroxyl groups is 1. The van der Waals surface area contributed by atoms with Gasteiger partial charge in [0.25, 0.3) is 0 Å². The van der Waals surface area contributed by atoms with Crippen molar-refractivity contribution < 1.29 is 5.11 Å². The third-order valence-electron chi connectivity index (χ3n) is 2.95. The van der Waals surface area contributed by atoms with E-state index >= 15 is 0 Å². The van der Waals surface area contributed by atoms with Crippen LogP contribution in [-0.4, -0.2) is 20.8 Å². The topological polar surface area (TPSA) is 47.2 Å². The fraction of sp³-hybridized carbons (Fsp3) is 0.357. The van der Waals surface area contributed by atoms with Crippen LogP contribution in [0.2, 0.25) is 0 Å². The molecular weight excluding hydrogens is 228 g/mol. The molecule has 0 aliphatic heterocycles. The highest BCUT2D eigenvalue weighted by Gasteiger charge is 2.07. The highest BCUT2D eigenvalue weighted by atomic mass is 16.3. The zero-order chi connectivity index (χ0) is 13.1. The lowest BCUT2D eigenvalue weighted by Crippen LogP contribution is -2.24. The van der Waals surface area contributed by atoms with Crippen LogP contribution in [0.1, 0.15) is 25.5 Å². The largest absolute Gasteiger partial charge is 0.396 e. The molecule has 2 aromatic rings. The van der Waals surface area contributed by atoms with Crippen molar-refractivity contribution in [2.75, 3.05) is 6.61 Å². The van der Waals surface area contributed by atoms with Crippen LogP contribution in [0.25, 0.3) is 5.69 Å². The number of rotatable bonds is 4. The number of benzene rings is 1. The lowest BCUT2D eigenvalue weighted by Gasteiger charge is -2.06. The molecule has 0 amide bonds. The quantitative estimate of drug-likeness (QED) is 0.893. The molecule has 1 aromatic heterocycles. The Balaban J connectivity index is 2.43. The van der Waals surface area contributed by atoms with Crippen LogP contribution in [-0.2, 0) is 6.42 Å². The van der Waals surface area contributed by atoms with Crippen molar-refractivity contribution in [3.8, 4) is 5.69 Å². The van der Waals surface area contributed by atoms with Crippen LogP contribution in [0.5, 0.6) is 0 Å². The summed E-state index contributed by atoms with van der Waals surface area (Å²) in [6.07, 6.45) is 4.18. The molecule has 4 heteroatoms. The third kappa shape index (κ3) is 2.38. The van der Waals surface area contributed by atoms with E-state index in [0.29, 0.717) is 6.42 Å². The molecule has 0 radical (unpaired) electrons. The summed E-state index contributed by atoms with van der Waals surface area (Å²) in [4.78, 5) is 12.2. The van der Waals surface area contributed by atoms with Crippen molar-refractivity contribution in [2.45, 2.75) is 26.3 Å². The maximum atomic E-state index is 12.2. The molecule has 1 aromatic carbocycles. The van der Waals surface area contributed by atoms with Gasteiger partial charge in [0.15, 0.2) is 0 Å². The minimum atomic E-state index is -0.0360. The Labute approximate surface area is 106 Å². The predicted octanol–water partition coefficient (Wildman–Crippen LogP) is 1.75. The van der Waals surface area contributed by atoms with E-state index in [1.165, 1.54) is 0 Å². The van der Waals surface area contributed by atoms with Gasteiger partial charge < -0.3 is 5.11 Å². The van der Waals surface area contributed by atoms with Crippen LogP contribution >= 0.6 is 0 Å². The van der Waals surface area contributed by atoms with E-state index in [4.69, 9.17) is 5.11 Å². The number of aliphatic hydroxyl groups excluding tert-OH is 1. The number of hydrogen-bond donors (Lipinski definition) is 1. The molecule has 0 saturated heterocycles. The molecule has 4 nitrogen and oxygen atoms in total. The van der Waals surface area contributed by atoms with Crippen molar-refractivity contribution in [3.05, 3.63) is 52.7 Å². The van der Waals surface area contributed by atoms with Crippen LogP contribution in [0.3, 0.4) is 0 Å². The molecule has 1 heterocycles. The summed E-state index contributed by atoms with van der Waals surface area (Å²) in [5, 5.41) is 8.94. The Morgan fingerprint density at radius 3 is 2.67 bits per heavy atom. The first kappa shape index (κ1) is 12.6. The van der Waals surface area contributed by atoms with Crippen LogP contribution < -0.4 is 5.69 Å². The van der Waals surface area contributed by atoms with Gasteiger partial charge in [-0.3, -0.25) is 9.13 Å². The van der Waals surface area contributed by atoms with E-state index in [1.807, 2.05) is 38.1 Å². The smallest absolute Gasteiger partial charge is 0.332 e. The molecule has 0 spiro atoms. The molecule has 0 unspecified atom stereocenters. The highest BCUT2D eigenvalue weighted by Crippen LogP contribution is 2.10. The summed E-state index contributed by atoms with van der Waals surface area (Å²) < 4.78 is 3.32. The number of aromatic nitrogens is 2. The number of imidazole rings is 1. The van der Waals surface area contributed by atoms with E-state index in [0.717, 1.165) is 11.3 Å². The van der Waals surface area contributed by atoms with Crippen LogP contribution in [0.4, 0.5) is 0 Å². The highest BCUT2D eigenvalue weighted by molar-refractivity contribution is 5.36. The van der Waals surface area contributed by atoms with Gasteiger partial charge in [-0.05, 0) is 38.0 Å². The SMILES string of the molecule is CC(C)n1ccn(-c2cccc(CCO)c2)c1=O. The summed E-state index contributed by atoms with van der Waals surface area (Å²) in [5.74, 6) is 0. The summed E-state index contributed by atoms with van der Waals surface area (Å²) >= 11 is 0. The number of hydrogen-bond acceptors (Lipinski definition) is 2. The van der Waals surface area contributed by atoms with Crippen molar-refractivity contribution in [3.63, 3.8) is 0 Å². The lowest BCUT2D eigenvalue weighted by molar-refractivity contribution is 0.299. The fourth-order valence-electron chi connectivity index (χ4n) is 1.97. The van der Waals surface area contributed by atoms with Crippen molar-refractivity contribution in [1.29, 1.82) is 0 Å². The second-order valence-electron chi connectivity index (χ2n) is 4.60. The Kier molecular flexibility index (Phi) is 3.67. The summed E-state index contributed by atoms with van der Waals surface area (Å²) in [6.45, 7) is 4.08. The molecule has 18 heavy (non-hydrogen) atoms. The molecule has 96 valence electrons. The van der Waals surface area contributed by atoms with Crippen molar-refractivity contribution in [2.24, 2.45) is 0 Å². The Bertz CT molecular complexity index is 581. The summed E-state index contributed by atoms with van der Waals surface area (Å²) in [7, 11) is 0. The molecule has 0 fully saturated rings. The number of nitrogens with zero attached hydrogens (tertiary/aromatic N) is 2. The Morgan fingerprint density at radius 1 is 1.28 bits per heavy atom. The van der Waals surface area contributed by atoms with Gasteiger partial charge in [0.1, 0.15) is 0 Å². The molecule has 0 saturated carbocycles. The first-order valence-corrected chi connectivity index (χ1v) is 6.13. The monoisotopic (exact) mass is 246 g/mol. The van der Waals surface area contributed by atoms with Crippen molar-refractivity contribution in [1.82, 2.24) is 9.13 Å². The summed E-state index contributed by atoms with van der Waals surface area (Å²) in [6, 6.07) is 7.83. The average Bonchev–Trinajstić information content (AvgIpc) is 2.72. The zero-order valence-corrected chi connectivity index (χ0v) is 10.7. The molecule has 0 atom stereocenters. The fourth-order valence-corrected chi connectivity index (χ4v) is 1.97. The normalized spacial score (nSPS) is 11.1.